The molecule has 0 spiro atoms. The normalized spacial score (nSPS) is 10.1. The summed E-state index contributed by atoms with van der Waals surface area (Å²) in [5.74, 6) is -0.905. The second kappa shape index (κ2) is 8.98. The third-order valence-corrected chi connectivity index (χ3v) is 4.34. The molecular formula is C17H14BrClN2O4S. The lowest BCUT2D eigenvalue weighted by Crippen LogP contribution is -2.34. The zero-order valence-electron chi connectivity index (χ0n) is 13.5. The van der Waals surface area contributed by atoms with Crippen LogP contribution in [0.5, 0.6) is 5.75 Å². The van der Waals surface area contributed by atoms with Crippen LogP contribution in [-0.2, 0) is 0 Å². The fraction of sp³-hybridized carbons (Fsp3) is 0.118. The molecule has 0 aliphatic heterocycles. The van der Waals surface area contributed by atoms with E-state index in [-0.39, 0.29) is 21.4 Å². The van der Waals surface area contributed by atoms with Crippen LogP contribution in [0, 0.1) is 0 Å². The molecule has 0 bridgehead atoms. The van der Waals surface area contributed by atoms with E-state index >= 15 is 0 Å². The Morgan fingerprint density at radius 3 is 2.54 bits per heavy atom. The molecule has 136 valence electrons. The highest BCUT2D eigenvalue weighted by Crippen LogP contribution is 2.26. The highest BCUT2D eigenvalue weighted by molar-refractivity contribution is 9.10. The second-order valence-corrected chi connectivity index (χ2v) is 6.66. The maximum atomic E-state index is 12.3. The number of carboxylic acid groups (broad SMARTS) is 1. The van der Waals surface area contributed by atoms with Crippen molar-refractivity contribution in [3.63, 3.8) is 0 Å². The number of carbonyl (C=O) groups excluding carboxylic acids is 1. The summed E-state index contributed by atoms with van der Waals surface area (Å²) in [5, 5.41) is 14.5. The van der Waals surface area contributed by atoms with Crippen molar-refractivity contribution in [3.05, 3.63) is 57.0 Å². The monoisotopic (exact) mass is 456 g/mol. The van der Waals surface area contributed by atoms with Crippen LogP contribution in [0.3, 0.4) is 0 Å². The molecule has 6 nitrogen and oxygen atoms in total. The first-order valence-electron chi connectivity index (χ1n) is 7.39. The summed E-state index contributed by atoms with van der Waals surface area (Å²) in [7, 11) is 0. The minimum absolute atomic E-state index is 0.00977. The van der Waals surface area contributed by atoms with Gasteiger partial charge in [0.15, 0.2) is 5.11 Å². The van der Waals surface area contributed by atoms with E-state index in [9.17, 15) is 9.59 Å². The number of anilines is 1. The molecule has 0 heterocycles. The van der Waals surface area contributed by atoms with E-state index in [2.05, 4.69) is 26.6 Å². The summed E-state index contributed by atoms with van der Waals surface area (Å²) in [5.41, 5.74) is 0.695. The minimum atomic E-state index is -1.10. The van der Waals surface area contributed by atoms with E-state index in [1.54, 1.807) is 18.2 Å². The number of hydrogen-bond donors (Lipinski definition) is 3. The molecule has 0 aromatic heterocycles. The second-order valence-electron chi connectivity index (χ2n) is 4.99. The summed E-state index contributed by atoms with van der Waals surface area (Å²) in [6, 6.07) is 9.02. The number of thiocarbonyl (C=S) groups is 1. The molecule has 1 amide bonds. The zero-order valence-corrected chi connectivity index (χ0v) is 16.7. The average molecular weight is 458 g/mol. The van der Waals surface area contributed by atoms with Crippen molar-refractivity contribution in [3.8, 4) is 5.75 Å². The van der Waals surface area contributed by atoms with Gasteiger partial charge in [-0.1, -0.05) is 11.6 Å². The molecule has 2 rings (SSSR count). The first-order valence-corrected chi connectivity index (χ1v) is 8.97. The number of benzene rings is 2. The fourth-order valence-electron chi connectivity index (χ4n) is 2.00. The maximum absolute atomic E-state index is 12.3. The minimum Gasteiger partial charge on any atom is -0.493 e. The number of aromatic carboxylic acids is 1. The van der Waals surface area contributed by atoms with Crippen molar-refractivity contribution in [2.75, 3.05) is 11.9 Å². The Kier molecular flexibility index (Phi) is 6.96. The van der Waals surface area contributed by atoms with Crippen molar-refractivity contribution in [2.45, 2.75) is 6.92 Å². The van der Waals surface area contributed by atoms with Gasteiger partial charge in [-0.25, -0.2) is 4.79 Å². The summed E-state index contributed by atoms with van der Waals surface area (Å²) in [6.45, 7) is 2.37. The van der Waals surface area contributed by atoms with E-state index in [0.717, 1.165) is 0 Å². The number of hydrogen-bond acceptors (Lipinski definition) is 4. The SMILES string of the molecule is CCOc1ccc(C(=O)NC(=S)Nc2cc(C(=O)O)ccc2Cl)cc1Br. The van der Waals surface area contributed by atoms with Crippen LogP contribution in [0.25, 0.3) is 0 Å². The molecule has 0 saturated carbocycles. The maximum Gasteiger partial charge on any atom is 0.335 e. The number of nitrogens with one attached hydrogen (secondary N) is 2. The van der Waals surface area contributed by atoms with E-state index in [1.165, 1.54) is 18.2 Å². The number of halogens is 2. The molecule has 0 aliphatic rings. The van der Waals surface area contributed by atoms with E-state index in [4.69, 9.17) is 33.7 Å². The smallest absolute Gasteiger partial charge is 0.335 e. The van der Waals surface area contributed by atoms with E-state index in [0.29, 0.717) is 22.4 Å². The number of amides is 1. The Labute approximate surface area is 168 Å². The molecule has 0 saturated heterocycles. The molecule has 9 heteroatoms. The quantitative estimate of drug-likeness (QED) is 0.579. The Hall–Kier alpha value is -2.16. The van der Waals surface area contributed by atoms with Gasteiger partial charge < -0.3 is 15.2 Å². The van der Waals surface area contributed by atoms with Gasteiger partial charge in [0.25, 0.3) is 5.91 Å². The predicted molar refractivity (Wildman–Crippen MR) is 107 cm³/mol. The van der Waals surface area contributed by atoms with Gasteiger partial charge in [0, 0.05) is 5.56 Å². The van der Waals surface area contributed by atoms with Crippen molar-refractivity contribution >= 4 is 62.4 Å². The topological polar surface area (TPSA) is 87.7 Å². The molecule has 2 aromatic rings. The van der Waals surface area contributed by atoms with Crippen molar-refractivity contribution in [2.24, 2.45) is 0 Å². The molecule has 26 heavy (non-hydrogen) atoms. The predicted octanol–water partition coefficient (Wildman–Crippen LogP) is 4.33. The molecule has 0 radical (unpaired) electrons. The van der Waals surface area contributed by atoms with Gasteiger partial charge in [0.05, 0.1) is 27.4 Å². The Morgan fingerprint density at radius 1 is 1.23 bits per heavy atom. The van der Waals surface area contributed by atoms with E-state index < -0.39 is 11.9 Å². The van der Waals surface area contributed by atoms with Crippen molar-refractivity contribution in [1.82, 2.24) is 5.32 Å². The molecule has 0 atom stereocenters. The van der Waals surface area contributed by atoms with Crippen molar-refractivity contribution in [1.29, 1.82) is 0 Å². The Bertz CT molecular complexity index is 876. The number of rotatable bonds is 5. The van der Waals surface area contributed by atoms with Crippen LogP contribution in [0.4, 0.5) is 5.69 Å². The fourth-order valence-corrected chi connectivity index (χ4v) is 2.86. The van der Waals surface area contributed by atoms with Crippen LogP contribution < -0.4 is 15.4 Å². The van der Waals surface area contributed by atoms with E-state index in [1.807, 2.05) is 6.92 Å². The van der Waals surface area contributed by atoms with Crippen molar-refractivity contribution < 1.29 is 19.4 Å². The lowest BCUT2D eigenvalue weighted by molar-refractivity contribution is 0.0696. The van der Waals surface area contributed by atoms with Crippen LogP contribution in [0.1, 0.15) is 27.6 Å². The largest absolute Gasteiger partial charge is 0.493 e. The van der Waals surface area contributed by atoms with Gasteiger partial charge in [-0.05, 0) is 71.5 Å². The van der Waals surface area contributed by atoms with Gasteiger partial charge in [0.2, 0.25) is 0 Å². The number of carboxylic acids is 1. The first kappa shape index (κ1) is 20.2. The average Bonchev–Trinajstić information content (AvgIpc) is 2.58. The highest BCUT2D eigenvalue weighted by atomic mass is 79.9. The Morgan fingerprint density at radius 2 is 1.92 bits per heavy atom. The van der Waals surface area contributed by atoms with Gasteiger partial charge in [-0.2, -0.15) is 0 Å². The third kappa shape index (κ3) is 5.17. The molecular weight excluding hydrogens is 444 g/mol. The van der Waals surface area contributed by atoms with Crippen LogP contribution in [0.15, 0.2) is 40.9 Å². The summed E-state index contributed by atoms with van der Waals surface area (Å²) in [6.07, 6.45) is 0. The molecule has 0 aliphatic carbocycles. The van der Waals surface area contributed by atoms with Gasteiger partial charge >= 0.3 is 5.97 Å². The first-order chi connectivity index (χ1) is 12.3. The third-order valence-electron chi connectivity index (χ3n) is 3.18. The van der Waals surface area contributed by atoms with Gasteiger partial charge in [0.1, 0.15) is 5.75 Å². The number of carbonyl (C=O) groups is 2. The van der Waals surface area contributed by atoms with Crippen LogP contribution in [-0.4, -0.2) is 28.7 Å². The lowest BCUT2D eigenvalue weighted by Gasteiger charge is -2.12. The zero-order chi connectivity index (χ0) is 19.3. The highest BCUT2D eigenvalue weighted by Gasteiger charge is 2.13. The Balaban J connectivity index is 2.08. The van der Waals surface area contributed by atoms with Crippen LogP contribution in [0.2, 0.25) is 5.02 Å². The summed E-state index contributed by atoms with van der Waals surface area (Å²) in [4.78, 5) is 23.3. The molecule has 2 aromatic carbocycles. The van der Waals surface area contributed by atoms with Crippen LogP contribution >= 0.6 is 39.7 Å². The summed E-state index contributed by atoms with van der Waals surface area (Å²) < 4.78 is 6.04. The summed E-state index contributed by atoms with van der Waals surface area (Å²) >= 11 is 14.5. The molecule has 3 N–H and O–H groups in total. The number of ether oxygens (including phenoxy) is 1. The van der Waals surface area contributed by atoms with Gasteiger partial charge in [-0.3, -0.25) is 10.1 Å². The molecule has 0 fully saturated rings. The lowest BCUT2D eigenvalue weighted by atomic mass is 10.2. The standard InChI is InChI=1S/C17H14BrClN2O4S/c1-2-25-14-6-4-9(7-11(14)18)15(22)21-17(26)20-13-8-10(16(23)24)3-5-12(13)19/h3-8H,2H2,1H3,(H,23,24)(H2,20,21,22,26). The van der Waals surface area contributed by atoms with Gasteiger partial charge in [-0.15, -0.1) is 0 Å². The molecule has 0 unspecified atom stereocenters.